The second-order valence-electron chi connectivity index (χ2n) is 6.87. The highest BCUT2D eigenvalue weighted by Crippen LogP contribution is 2.22. The smallest absolute Gasteiger partial charge is 0.251 e. The molecule has 1 unspecified atom stereocenters. The summed E-state index contributed by atoms with van der Waals surface area (Å²) in [6.07, 6.45) is 1.72. The number of hydrogen-bond donors (Lipinski definition) is 2. The largest absolute Gasteiger partial charge is 0.497 e. The first-order valence-electron chi connectivity index (χ1n) is 9.98. The van der Waals surface area contributed by atoms with Gasteiger partial charge in [0.25, 0.3) is 5.91 Å². The molecule has 166 valence electrons. The third kappa shape index (κ3) is 5.98. The Morgan fingerprint density at radius 3 is 2.53 bits per heavy atom. The molecular weight excluding hydrogens is 426 g/mol. The number of carbonyl (C=O) groups is 2. The standard InChI is InChI=1S/C23H25N5O3S/c1-4-14-28-21(16(2)24-22(30)17-10-12-19(31-3)13-11-17)26-27-23(28)32-15-20(29)25-18-8-6-5-7-9-18/h4-13,16H,1,14-15H2,2-3H3,(H,24,30)(H,25,29). The number of rotatable bonds is 10. The van der Waals surface area contributed by atoms with E-state index in [0.717, 1.165) is 5.69 Å². The van der Waals surface area contributed by atoms with Crippen molar-refractivity contribution in [2.45, 2.75) is 24.7 Å². The SMILES string of the molecule is C=CCn1c(SCC(=O)Nc2ccccc2)nnc1C(C)NC(=O)c1ccc(OC)cc1. The molecule has 1 aromatic heterocycles. The molecule has 3 rings (SSSR count). The van der Waals surface area contributed by atoms with E-state index in [1.807, 2.05) is 41.8 Å². The molecule has 8 nitrogen and oxygen atoms in total. The van der Waals surface area contributed by atoms with Crippen molar-refractivity contribution in [1.82, 2.24) is 20.1 Å². The van der Waals surface area contributed by atoms with Gasteiger partial charge in [-0.1, -0.05) is 36.0 Å². The van der Waals surface area contributed by atoms with Gasteiger partial charge in [-0.15, -0.1) is 16.8 Å². The molecule has 2 N–H and O–H groups in total. The number of allylic oxidation sites excluding steroid dienone is 1. The lowest BCUT2D eigenvalue weighted by molar-refractivity contribution is -0.113. The molecule has 0 saturated carbocycles. The number of carbonyl (C=O) groups excluding carboxylic acids is 2. The van der Waals surface area contributed by atoms with Gasteiger partial charge in [0.1, 0.15) is 5.75 Å². The molecule has 0 bridgehead atoms. The second kappa shape index (κ2) is 11.1. The summed E-state index contributed by atoms with van der Waals surface area (Å²) in [6, 6.07) is 15.7. The molecule has 9 heteroatoms. The van der Waals surface area contributed by atoms with Gasteiger partial charge in [-0.05, 0) is 43.3 Å². The molecule has 0 fully saturated rings. The molecular formula is C23H25N5O3S. The number of para-hydroxylation sites is 1. The second-order valence-corrected chi connectivity index (χ2v) is 7.81. The number of thioether (sulfide) groups is 1. The quantitative estimate of drug-likeness (QED) is 0.360. The minimum absolute atomic E-state index is 0.142. The zero-order valence-corrected chi connectivity index (χ0v) is 18.8. The zero-order valence-electron chi connectivity index (χ0n) is 17.9. The Balaban J connectivity index is 1.65. The molecule has 3 aromatic rings. The van der Waals surface area contributed by atoms with Crippen molar-refractivity contribution < 1.29 is 14.3 Å². The predicted octanol–water partition coefficient (Wildman–Crippen LogP) is 3.69. The number of ether oxygens (including phenoxy) is 1. The number of nitrogens with zero attached hydrogens (tertiary/aromatic N) is 3. The van der Waals surface area contributed by atoms with E-state index in [9.17, 15) is 9.59 Å². The third-order valence-corrected chi connectivity index (χ3v) is 5.50. The number of hydrogen-bond acceptors (Lipinski definition) is 6. The Morgan fingerprint density at radius 2 is 1.88 bits per heavy atom. The van der Waals surface area contributed by atoms with Crippen molar-refractivity contribution >= 4 is 29.3 Å². The summed E-state index contributed by atoms with van der Waals surface area (Å²) in [7, 11) is 1.57. The summed E-state index contributed by atoms with van der Waals surface area (Å²) in [5, 5.41) is 14.8. The lowest BCUT2D eigenvalue weighted by Gasteiger charge is -2.15. The van der Waals surface area contributed by atoms with Crippen LogP contribution in [0, 0.1) is 0 Å². The van der Waals surface area contributed by atoms with E-state index in [2.05, 4.69) is 27.4 Å². The first-order valence-corrected chi connectivity index (χ1v) is 11.0. The van der Waals surface area contributed by atoms with Crippen LogP contribution in [0.5, 0.6) is 5.75 Å². The van der Waals surface area contributed by atoms with Crippen molar-refractivity contribution in [1.29, 1.82) is 0 Å². The normalized spacial score (nSPS) is 11.4. The number of aromatic nitrogens is 3. The van der Waals surface area contributed by atoms with Gasteiger partial charge in [0.15, 0.2) is 11.0 Å². The Morgan fingerprint density at radius 1 is 1.16 bits per heavy atom. The first kappa shape index (κ1) is 23.1. The van der Waals surface area contributed by atoms with Crippen molar-refractivity contribution in [2.75, 3.05) is 18.2 Å². The van der Waals surface area contributed by atoms with Crippen LogP contribution >= 0.6 is 11.8 Å². The molecule has 0 aliphatic heterocycles. The summed E-state index contributed by atoms with van der Waals surface area (Å²) < 4.78 is 6.96. The molecule has 1 heterocycles. The summed E-state index contributed by atoms with van der Waals surface area (Å²) in [6.45, 7) is 6.08. The zero-order chi connectivity index (χ0) is 22.9. The van der Waals surface area contributed by atoms with Gasteiger partial charge < -0.3 is 19.9 Å². The minimum Gasteiger partial charge on any atom is -0.497 e. The van der Waals surface area contributed by atoms with Crippen LogP contribution < -0.4 is 15.4 Å². The average Bonchev–Trinajstić information content (AvgIpc) is 3.21. The molecule has 0 radical (unpaired) electrons. The molecule has 32 heavy (non-hydrogen) atoms. The van der Waals surface area contributed by atoms with Crippen LogP contribution in [0.25, 0.3) is 0 Å². The van der Waals surface area contributed by atoms with Crippen LogP contribution in [0.2, 0.25) is 0 Å². The van der Waals surface area contributed by atoms with Crippen LogP contribution in [-0.4, -0.2) is 39.4 Å². The molecule has 2 aromatic carbocycles. The highest BCUT2D eigenvalue weighted by Gasteiger charge is 2.20. The summed E-state index contributed by atoms with van der Waals surface area (Å²) in [4.78, 5) is 24.9. The number of nitrogens with one attached hydrogen (secondary N) is 2. The van der Waals surface area contributed by atoms with Crippen molar-refractivity contribution in [3.8, 4) is 5.75 Å². The van der Waals surface area contributed by atoms with E-state index in [1.54, 1.807) is 37.5 Å². The highest BCUT2D eigenvalue weighted by molar-refractivity contribution is 7.99. The molecule has 2 amide bonds. The Labute approximate surface area is 191 Å². The number of amides is 2. The fourth-order valence-electron chi connectivity index (χ4n) is 2.96. The fourth-order valence-corrected chi connectivity index (χ4v) is 3.72. The molecule has 0 saturated heterocycles. The summed E-state index contributed by atoms with van der Waals surface area (Å²) in [5.74, 6) is 1.06. The van der Waals surface area contributed by atoms with Gasteiger partial charge in [-0.25, -0.2) is 0 Å². The van der Waals surface area contributed by atoms with Crippen molar-refractivity contribution in [3.05, 3.63) is 78.6 Å². The number of anilines is 1. The van der Waals surface area contributed by atoms with Gasteiger partial charge in [0, 0.05) is 17.8 Å². The summed E-state index contributed by atoms with van der Waals surface area (Å²) >= 11 is 1.27. The van der Waals surface area contributed by atoms with Gasteiger partial charge in [0.05, 0.1) is 18.9 Å². The minimum atomic E-state index is -0.399. The van der Waals surface area contributed by atoms with Crippen molar-refractivity contribution in [2.24, 2.45) is 0 Å². The average molecular weight is 452 g/mol. The molecule has 0 spiro atoms. The number of methoxy groups -OCH3 is 1. The van der Waals surface area contributed by atoms with E-state index in [0.29, 0.717) is 28.8 Å². The van der Waals surface area contributed by atoms with Gasteiger partial charge in [-0.3, -0.25) is 9.59 Å². The maximum Gasteiger partial charge on any atom is 0.251 e. The fraction of sp³-hybridized carbons (Fsp3) is 0.217. The van der Waals surface area contributed by atoms with Crippen molar-refractivity contribution in [3.63, 3.8) is 0 Å². The summed E-state index contributed by atoms with van der Waals surface area (Å²) in [5.41, 5.74) is 1.25. The third-order valence-electron chi connectivity index (χ3n) is 4.53. The topological polar surface area (TPSA) is 98.1 Å². The monoisotopic (exact) mass is 451 g/mol. The lowest BCUT2D eigenvalue weighted by atomic mass is 10.2. The lowest BCUT2D eigenvalue weighted by Crippen LogP contribution is -2.28. The van der Waals surface area contributed by atoms with Crippen LogP contribution in [-0.2, 0) is 11.3 Å². The molecule has 0 aliphatic carbocycles. The van der Waals surface area contributed by atoms with Gasteiger partial charge >= 0.3 is 0 Å². The molecule has 0 aliphatic rings. The van der Waals surface area contributed by atoms with Crippen LogP contribution in [0.15, 0.2) is 72.4 Å². The maximum atomic E-state index is 12.6. The Hall–Kier alpha value is -3.59. The Kier molecular flexibility index (Phi) is 8.04. The van der Waals surface area contributed by atoms with E-state index >= 15 is 0 Å². The molecule has 1 atom stereocenters. The number of benzene rings is 2. The maximum absolute atomic E-state index is 12.6. The van der Waals surface area contributed by atoms with E-state index in [4.69, 9.17) is 4.74 Å². The van der Waals surface area contributed by atoms with E-state index < -0.39 is 6.04 Å². The van der Waals surface area contributed by atoms with E-state index in [-0.39, 0.29) is 17.6 Å². The van der Waals surface area contributed by atoms with Crippen LogP contribution in [0.1, 0.15) is 29.1 Å². The van der Waals surface area contributed by atoms with Crippen LogP contribution in [0.3, 0.4) is 0 Å². The predicted molar refractivity (Wildman–Crippen MR) is 125 cm³/mol. The highest BCUT2D eigenvalue weighted by atomic mass is 32.2. The van der Waals surface area contributed by atoms with Crippen LogP contribution in [0.4, 0.5) is 5.69 Å². The first-order chi connectivity index (χ1) is 15.5. The van der Waals surface area contributed by atoms with Gasteiger partial charge in [-0.2, -0.15) is 0 Å². The van der Waals surface area contributed by atoms with E-state index in [1.165, 1.54) is 11.8 Å². The Bertz CT molecular complexity index is 1070. The van der Waals surface area contributed by atoms with Gasteiger partial charge in [0.2, 0.25) is 5.91 Å².